The fourth-order valence-corrected chi connectivity index (χ4v) is 11.4. The minimum absolute atomic E-state index is 0.555. The smallest absolute Gasteiger partial charge is 0.0198 e. The lowest BCUT2D eigenvalue weighted by Gasteiger charge is -2.63. The van der Waals surface area contributed by atoms with Gasteiger partial charge in [0.2, 0.25) is 0 Å². The summed E-state index contributed by atoms with van der Waals surface area (Å²) in [6, 6.07) is 0. The SMILES string of the molecule is C=C(CC[C@@H](C)C1CC[C@@]2(C)C3CCC4C(C)(C)[C@@H](C)CC[C@@]45C[C@@]35CC[C@]12C)C(C)C. The lowest BCUT2D eigenvalue weighted by atomic mass is 9.41. The maximum absolute atomic E-state index is 4.39. The molecule has 32 heavy (non-hydrogen) atoms. The van der Waals surface area contributed by atoms with E-state index in [9.17, 15) is 0 Å². The van der Waals surface area contributed by atoms with Gasteiger partial charge in [-0.15, -0.1) is 0 Å². The quantitative estimate of drug-likeness (QED) is 0.375. The van der Waals surface area contributed by atoms with Crippen molar-refractivity contribution in [3.05, 3.63) is 12.2 Å². The zero-order valence-electron chi connectivity index (χ0n) is 22.9. The van der Waals surface area contributed by atoms with Crippen LogP contribution in [-0.4, -0.2) is 0 Å². The fraction of sp³-hybridized carbons (Fsp3) is 0.938. The van der Waals surface area contributed by atoms with Gasteiger partial charge in [0.15, 0.2) is 0 Å². The molecule has 0 aromatic carbocycles. The lowest BCUT2D eigenvalue weighted by molar-refractivity contribution is -0.149. The van der Waals surface area contributed by atoms with Crippen LogP contribution in [0.1, 0.15) is 126 Å². The first-order valence-corrected chi connectivity index (χ1v) is 14.5. The van der Waals surface area contributed by atoms with Crippen molar-refractivity contribution in [3.8, 4) is 0 Å². The summed E-state index contributed by atoms with van der Waals surface area (Å²) in [6.45, 7) is 25.0. The summed E-state index contributed by atoms with van der Waals surface area (Å²) in [5, 5.41) is 0. The predicted octanol–water partition coefficient (Wildman–Crippen LogP) is 9.69. The maximum atomic E-state index is 4.39. The normalized spacial score (nSPS) is 51.9. The Morgan fingerprint density at radius 1 is 0.812 bits per heavy atom. The maximum Gasteiger partial charge on any atom is -0.0198 e. The van der Waals surface area contributed by atoms with E-state index in [1.165, 1.54) is 50.5 Å². The molecule has 0 heterocycles. The minimum Gasteiger partial charge on any atom is -0.0996 e. The molecule has 5 aliphatic rings. The summed E-state index contributed by atoms with van der Waals surface area (Å²) in [4.78, 5) is 0. The highest BCUT2D eigenvalue weighted by molar-refractivity contribution is 5.30. The Bertz CT molecular complexity index is 773. The van der Waals surface area contributed by atoms with Gasteiger partial charge in [-0.1, -0.05) is 67.5 Å². The Morgan fingerprint density at radius 3 is 2.16 bits per heavy atom. The van der Waals surface area contributed by atoms with E-state index in [1.54, 1.807) is 25.7 Å². The van der Waals surface area contributed by atoms with Crippen molar-refractivity contribution >= 4 is 0 Å². The molecular weight excluding hydrogens is 384 g/mol. The van der Waals surface area contributed by atoms with E-state index in [0.717, 1.165) is 40.4 Å². The Hall–Kier alpha value is -0.260. The van der Waals surface area contributed by atoms with E-state index >= 15 is 0 Å². The number of rotatable bonds is 5. The molecule has 0 amide bonds. The zero-order chi connectivity index (χ0) is 23.3. The van der Waals surface area contributed by atoms with Crippen LogP contribution in [-0.2, 0) is 0 Å². The van der Waals surface area contributed by atoms with Gasteiger partial charge >= 0.3 is 0 Å². The standard InChI is InChI=1S/C32H54/c1-21(2)22(3)10-11-23(4)25-15-16-30(9)27-13-12-26-28(6,7)24(5)14-17-31(26)20-32(27,31)19-18-29(25,30)8/h21,23-27H,3,10-20H2,1-2,4-9H3/t23-,24+,25?,26?,27?,29-,30+,31-,32+/m1/s1. The van der Waals surface area contributed by atoms with Gasteiger partial charge in [-0.2, -0.15) is 0 Å². The topological polar surface area (TPSA) is 0 Å². The molecule has 3 unspecified atom stereocenters. The number of hydrogen-bond donors (Lipinski definition) is 0. The Labute approximate surface area is 200 Å². The van der Waals surface area contributed by atoms with Gasteiger partial charge in [0.05, 0.1) is 0 Å². The van der Waals surface area contributed by atoms with Crippen LogP contribution in [0.25, 0.3) is 0 Å². The molecule has 0 aliphatic heterocycles. The second kappa shape index (κ2) is 7.13. The van der Waals surface area contributed by atoms with Crippen LogP contribution in [0, 0.1) is 62.6 Å². The van der Waals surface area contributed by atoms with Gasteiger partial charge in [0.1, 0.15) is 0 Å². The van der Waals surface area contributed by atoms with E-state index in [2.05, 4.69) is 62.0 Å². The van der Waals surface area contributed by atoms with Gasteiger partial charge in [0, 0.05) is 0 Å². The summed E-state index contributed by atoms with van der Waals surface area (Å²) in [5.74, 6) is 5.35. The molecule has 0 nitrogen and oxygen atoms in total. The van der Waals surface area contributed by atoms with Crippen molar-refractivity contribution in [2.75, 3.05) is 0 Å². The van der Waals surface area contributed by atoms with Crippen molar-refractivity contribution in [1.29, 1.82) is 0 Å². The van der Waals surface area contributed by atoms with Crippen molar-refractivity contribution in [3.63, 3.8) is 0 Å². The van der Waals surface area contributed by atoms with E-state index in [1.807, 2.05) is 0 Å². The molecule has 5 aliphatic carbocycles. The molecule has 5 saturated carbocycles. The highest BCUT2D eigenvalue weighted by atomic mass is 14.9. The highest BCUT2D eigenvalue weighted by Gasteiger charge is 2.81. The van der Waals surface area contributed by atoms with Crippen LogP contribution in [0.4, 0.5) is 0 Å². The van der Waals surface area contributed by atoms with Crippen molar-refractivity contribution in [2.45, 2.75) is 126 Å². The van der Waals surface area contributed by atoms with Crippen LogP contribution in [0.2, 0.25) is 0 Å². The second-order valence-electron chi connectivity index (χ2n) is 15.2. The Morgan fingerprint density at radius 2 is 1.47 bits per heavy atom. The summed E-state index contributed by atoms with van der Waals surface area (Å²) in [5.41, 5.74) is 4.63. The predicted molar refractivity (Wildman–Crippen MR) is 138 cm³/mol. The molecule has 9 atom stereocenters. The number of allylic oxidation sites excluding steroid dienone is 1. The molecule has 0 N–H and O–H groups in total. The van der Waals surface area contributed by atoms with Gasteiger partial charge in [-0.3, -0.25) is 0 Å². The Kier molecular flexibility index (Phi) is 5.23. The lowest BCUT2D eigenvalue weighted by Crippen LogP contribution is -2.56. The largest absolute Gasteiger partial charge is 0.0996 e. The van der Waals surface area contributed by atoms with Crippen LogP contribution >= 0.6 is 0 Å². The molecular formula is C32H54. The summed E-state index contributed by atoms with van der Waals surface area (Å²) >= 11 is 0. The average Bonchev–Trinajstić information content (AvgIpc) is 3.31. The van der Waals surface area contributed by atoms with Gasteiger partial charge < -0.3 is 0 Å². The summed E-state index contributed by atoms with van der Waals surface area (Å²) in [7, 11) is 0. The summed E-state index contributed by atoms with van der Waals surface area (Å²) < 4.78 is 0. The van der Waals surface area contributed by atoms with Gasteiger partial charge in [-0.25, -0.2) is 0 Å². The van der Waals surface area contributed by atoms with Crippen molar-refractivity contribution in [2.24, 2.45) is 62.6 Å². The molecule has 0 radical (unpaired) electrons. The van der Waals surface area contributed by atoms with Crippen LogP contribution < -0.4 is 0 Å². The monoisotopic (exact) mass is 438 g/mol. The molecule has 0 bridgehead atoms. The van der Waals surface area contributed by atoms with Gasteiger partial charge in [-0.05, 0) is 133 Å². The number of hydrogen-bond acceptors (Lipinski definition) is 0. The highest BCUT2D eigenvalue weighted by Crippen LogP contribution is 2.89. The van der Waals surface area contributed by atoms with Crippen molar-refractivity contribution in [1.82, 2.24) is 0 Å². The van der Waals surface area contributed by atoms with Gasteiger partial charge in [0.25, 0.3) is 0 Å². The molecule has 0 heteroatoms. The fourth-order valence-electron chi connectivity index (χ4n) is 11.4. The van der Waals surface area contributed by atoms with Crippen LogP contribution in [0.15, 0.2) is 12.2 Å². The first-order valence-electron chi connectivity index (χ1n) is 14.5. The van der Waals surface area contributed by atoms with Crippen LogP contribution in [0.5, 0.6) is 0 Å². The third-order valence-electron chi connectivity index (χ3n) is 14.1. The molecule has 5 rings (SSSR count). The van der Waals surface area contributed by atoms with E-state index < -0.39 is 0 Å². The first-order chi connectivity index (χ1) is 14.9. The summed E-state index contributed by atoms with van der Waals surface area (Å²) in [6.07, 6.45) is 16.4. The van der Waals surface area contributed by atoms with Crippen molar-refractivity contribution < 1.29 is 0 Å². The molecule has 182 valence electrons. The molecule has 0 aromatic heterocycles. The molecule has 0 aromatic rings. The third-order valence-corrected chi connectivity index (χ3v) is 14.1. The van der Waals surface area contributed by atoms with E-state index in [-0.39, 0.29) is 0 Å². The van der Waals surface area contributed by atoms with E-state index in [0.29, 0.717) is 22.2 Å². The average molecular weight is 439 g/mol. The molecule has 5 fully saturated rings. The molecule has 2 spiro atoms. The van der Waals surface area contributed by atoms with Crippen LogP contribution in [0.3, 0.4) is 0 Å². The number of fused-ring (bicyclic) bond motifs is 2. The molecule has 0 saturated heterocycles. The first kappa shape index (κ1) is 23.5. The Balaban J connectivity index is 1.39. The zero-order valence-corrected chi connectivity index (χ0v) is 22.9. The minimum atomic E-state index is 0.555. The van der Waals surface area contributed by atoms with E-state index in [4.69, 9.17) is 0 Å². The second-order valence-corrected chi connectivity index (χ2v) is 15.2. The third kappa shape index (κ3) is 2.74.